The van der Waals surface area contributed by atoms with Gasteiger partial charge in [0.25, 0.3) is 11.6 Å². The number of carbonyl (C=O) groups excluding carboxylic acids is 3. The Morgan fingerprint density at radius 2 is 1.93 bits per heavy atom. The summed E-state index contributed by atoms with van der Waals surface area (Å²) in [5.41, 5.74) is 0.253. The summed E-state index contributed by atoms with van der Waals surface area (Å²) >= 11 is 0. The molecule has 1 saturated heterocycles. The molecule has 0 saturated carbocycles. The van der Waals surface area contributed by atoms with Crippen LogP contribution in [0.1, 0.15) is 43.5 Å². The van der Waals surface area contributed by atoms with Crippen LogP contribution in [0.25, 0.3) is 0 Å². The molecule has 1 aliphatic rings. The van der Waals surface area contributed by atoms with Crippen molar-refractivity contribution in [2.45, 2.75) is 39.2 Å². The fourth-order valence-electron chi connectivity index (χ4n) is 3.25. The number of hydrogen-bond acceptors (Lipinski definition) is 8. The first-order chi connectivity index (χ1) is 14.3. The maximum Gasteiger partial charge on any atom is 0.338 e. The van der Waals surface area contributed by atoms with Crippen molar-refractivity contribution in [1.29, 1.82) is 0 Å². The van der Waals surface area contributed by atoms with E-state index in [-0.39, 0.29) is 17.2 Å². The van der Waals surface area contributed by atoms with Gasteiger partial charge in [-0.2, -0.15) is 0 Å². The largest absolute Gasteiger partial charge is 0.467 e. The van der Waals surface area contributed by atoms with Gasteiger partial charge in [0.1, 0.15) is 11.7 Å². The third kappa shape index (κ3) is 5.68. The van der Waals surface area contributed by atoms with Gasteiger partial charge in [0.2, 0.25) is 0 Å². The number of nitro groups is 1. The fraction of sp³-hybridized carbons (Fsp3) is 0.550. The van der Waals surface area contributed by atoms with Gasteiger partial charge in [-0.3, -0.25) is 14.9 Å². The van der Waals surface area contributed by atoms with E-state index >= 15 is 0 Å². The normalized spacial score (nSPS) is 15.2. The number of amides is 1. The van der Waals surface area contributed by atoms with Gasteiger partial charge in [-0.1, -0.05) is 20.3 Å². The van der Waals surface area contributed by atoms with Crippen LogP contribution in [0.2, 0.25) is 0 Å². The third-order valence-corrected chi connectivity index (χ3v) is 5.17. The van der Waals surface area contributed by atoms with Gasteiger partial charge >= 0.3 is 11.9 Å². The number of nitrogens with one attached hydrogen (secondary N) is 1. The summed E-state index contributed by atoms with van der Waals surface area (Å²) in [5, 5.41) is 13.9. The Morgan fingerprint density at radius 1 is 1.27 bits per heavy atom. The van der Waals surface area contributed by atoms with E-state index in [4.69, 9.17) is 9.47 Å². The maximum atomic E-state index is 12.3. The summed E-state index contributed by atoms with van der Waals surface area (Å²) in [5.74, 6) is -2.28. The van der Waals surface area contributed by atoms with Crippen LogP contribution in [0.15, 0.2) is 18.2 Å². The first kappa shape index (κ1) is 23.1. The van der Waals surface area contributed by atoms with Gasteiger partial charge in [0.05, 0.1) is 17.6 Å². The van der Waals surface area contributed by atoms with Gasteiger partial charge in [-0.05, 0) is 30.9 Å². The molecule has 0 aromatic heterocycles. The lowest BCUT2D eigenvalue weighted by Crippen LogP contribution is -2.47. The summed E-state index contributed by atoms with van der Waals surface area (Å²) in [7, 11) is 1.22. The molecule has 1 heterocycles. The molecule has 30 heavy (non-hydrogen) atoms. The van der Waals surface area contributed by atoms with Crippen molar-refractivity contribution < 1.29 is 28.8 Å². The van der Waals surface area contributed by atoms with E-state index in [1.165, 1.54) is 19.2 Å². The van der Waals surface area contributed by atoms with Crippen LogP contribution in [0.4, 0.5) is 11.4 Å². The Balaban J connectivity index is 2.03. The molecule has 1 aliphatic heterocycles. The van der Waals surface area contributed by atoms with Crippen LogP contribution >= 0.6 is 0 Å². The molecule has 1 aromatic rings. The molecule has 0 aliphatic carbocycles. The number of benzene rings is 1. The van der Waals surface area contributed by atoms with Crippen molar-refractivity contribution in [3.63, 3.8) is 0 Å². The molecule has 164 valence electrons. The van der Waals surface area contributed by atoms with Gasteiger partial charge < -0.3 is 19.7 Å². The number of carbonyl (C=O) groups is 3. The average molecular weight is 421 g/mol. The van der Waals surface area contributed by atoms with Crippen LogP contribution < -0.4 is 10.2 Å². The number of rotatable bonds is 9. The third-order valence-electron chi connectivity index (χ3n) is 5.17. The molecule has 0 unspecified atom stereocenters. The second-order valence-corrected chi connectivity index (χ2v) is 7.18. The SMILES string of the molecule is CC[C@H](C)[C@@H](NC(=O)COC(=O)c1ccc(N2CCCC2)c([N+](=O)[O-])c1)C(=O)OC. The number of methoxy groups -OCH3 is 1. The average Bonchev–Trinajstić information content (AvgIpc) is 3.28. The Kier molecular flexibility index (Phi) is 8.14. The molecule has 1 aromatic carbocycles. The highest BCUT2D eigenvalue weighted by atomic mass is 16.6. The Bertz CT molecular complexity index is 806. The lowest BCUT2D eigenvalue weighted by molar-refractivity contribution is -0.384. The van der Waals surface area contributed by atoms with Gasteiger partial charge in [0.15, 0.2) is 6.61 Å². The van der Waals surface area contributed by atoms with Crippen molar-refractivity contribution in [2.24, 2.45) is 5.92 Å². The lowest BCUT2D eigenvalue weighted by atomic mass is 9.99. The highest BCUT2D eigenvalue weighted by molar-refractivity contribution is 5.93. The van der Waals surface area contributed by atoms with E-state index in [1.54, 1.807) is 6.92 Å². The van der Waals surface area contributed by atoms with Crippen molar-refractivity contribution in [3.05, 3.63) is 33.9 Å². The summed E-state index contributed by atoms with van der Waals surface area (Å²) in [4.78, 5) is 49.1. The highest BCUT2D eigenvalue weighted by Gasteiger charge is 2.28. The minimum absolute atomic E-state index is 0.0242. The van der Waals surface area contributed by atoms with Crippen LogP contribution in [0, 0.1) is 16.0 Å². The molecule has 1 amide bonds. The lowest BCUT2D eigenvalue weighted by Gasteiger charge is -2.21. The molecular weight excluding hydrogens is 394 g/mol. The zero-order chi connectivity index (χ0) is 22.3. The zero-order valence-electron chi connectivity index (χ0n) is 17.4. The molecule has 10 heteroatoms. The molecule has 2 atom stereocenters. The van der Waals surface area contributed by atoms with Crippen molar-refractivity contribution in [1.82, 2.24) is 5.32 Å². The summed E-state index contributed by atoms with van der Waals surface area (Å²) in [6.45, 7) is 4.48. The van der Waals surface area contributed by atoms with E-state index in [1.807, 2.05) is 11.8 Å². The molecule has 1 N–H and O–H groups in total. The second-order valence-electron chi connectivity index (χ2n) is 7.18. The van der Waals surface area contributed by atoms with E-state index in [0.29, 0.717) is 12.1 Å². The molecular formula is C20H27N3O7. The van der Waals surface area contributed by atoms with Crippen LogP contribution in [0.3, 0.4) is 0 Å². The number of ether oxygens (including phenoxy) is 2. The van der Waals surface area contributed by atoms with E-state index < -0.39 is 35.4 Å². The predicted octanol–water partition coefficient (Wildman–Crippen LogP) is 2.06. The first-order valence-electron chi connectivity index (χ1n) is 9.86. The van der Waals surface area contributed by atoms with Crippen molar-refractivity contribution >= 4 is 29.2 Å². The van der Waals surface area contributed by atoms with Gasteiger partial charge in [-0.25, -0.2) is 9.59 Å². The van der Waals surface area contributed by atoms with E-state index in [0.717, 1.165) is 32.0 Å². The number of esters is 2. The topological polar surface area (TPSA) is 128 Å². The van der Waals surface area contributed by atoms with Gasteiger partial charge in [-0.15, -0.1) is 0 Å². The minimum Gasteiger partial charge on any atom is -0.467 e. The number of nitrogens with zero attached hydrogens (tertiary/aromatic N) is 2. The quantitative estimate of drug-likeness (QED) is 0.364. The van der Waals surface area contributed by atoms with Crippen molar-refractivity contribution in [2.75, 3.05) is 31.7 Å². The van der Waals surface area contributed by atoms with Crippen LogP contribution in [0.5, 0.6) is 0 Å². The van der Waals surface area contributed by atoms with E-state index in [2.05, 4.69) is 5.32 Å². The number of anilines is 1. The maximum absolute atomic E-state index is 12.3. The number of hydrogen-bond donors (Lipinski definition) is 1. The summed E-state index contributed by atoms with van der Waals surface area (Å²) in [6, 6.07) is 3.27. The molecule has 0 spiro atoms. The zero-order valence-corrected chi connectivity index (χ0v) is 17.4. The van der Waals surface area contributed by atoms with Gasteiger partial charge in [0, 0.05) is 19.2 Å². The fourth-order valence-corrected chi connectivity index (χ4v) is 3.25. The molecule has 10 nitrogen and oxygen atoms in total. The Morgan fingerprint density at radius 3 is 2.50 bits per heavy atom. The molecule has 2 rings (SSSR count). The Hall–Kier alpha value is -3.17. The predicted molar refractivity (Wildman–Crippen MR) is 108 cm³/mol. The monoisotopic (exact) mass is 421 g/mol. The molecule has 0 bridgehead atoms. The highest BCUT2D eigenvalue weighted by Crippen LogP contribution is 2.31. The summed E-state index contributed by atoms with van der Waals surface area (Å²) in [6.07, 6.45) is 2.55. The van der Waals surface area contributed by atoms with Crippen molar-refractivity contribution in [3.8, 4) is 0 Å². The standard InChI is InChI=1S/C20H27N3O7/c1-4-13(2)18(20(26)29-3)21-17(24)12-30-19(25)14-7-8-15(16(11-14)23(27)28)22-9-5-6-10-22/h7-8,11,13,18H,4-6,9-10,12H2,1-3H3,(H,21,24)/t13-,18+/m0/s1. The molecule has 0 radical (unpaired) electrons. The Labute approximate surface area is 174 Å². The van der Waals surface area contributed by atoms with E-state index in [9.17, 15) is 24.5 Å². The smallest absolute Gasteiger partial charge is 0.338 e. The number of nitro benzene ring substituents is 1. The minimum atomic E-state index is -0.862. The first-order valence-corrected chi connectivity index (χ1v) is 9.86. The second kappa shape index (κ2) is 10.6. The van der Waals surface area contributed by atoms with Crippen LogP contribution in [-0.2, 0) is 19.1 Å². The summed E-state index contributed by atoms with van der Waals surface area (Å²) < 4.78 is 9.67. The molecule has 1 fully saturated rings. The van der Waals surface area contributed by atoms with Crippen LogP contribution in [-0.4, -0.2) is 55.6 Å².